The van der Waals surface area contributed by atoms with Crippen LogP contribution in [0.4, 0.5) is 0 Å². The lowest BCUT2D eigenvalue weighted by Gasteiger charge is -2.37. The first kappa shape index (κ1) is 16.8. The lowest BCUT2D eigenvalue weighted by Crippen LogP contribution is -2.52. The maximum absolute atomic E-state index is 12.1. The van der Waals surface area contributed by atoms with Gasteiger partial charge in [-0.15, -0.1) is 0 Å². The molecule has 122 valence electrons. The molecule has 1 aliphatic rings. The van der Waals surface area contributed by atoms with Crippen LogP contribution in [0.2, 0.25) is 0 Å². The lowest BCUT2D eigenvalue weighted by molar-refractivity contribution is -0.120. The molecule has 5 heteroatoms. The van der Waals surface area contributed by atoms with E-state index in [4.69, 9.17) is 9.47 Å². The molecule has 5 nitrogen and oxygen atoms in total. The fraction of sp³-hybridized carbons (Fsp3) is 0.588. The van der Waals surface area contributed by atoms with E-state index < -0.39 is 0 Å². The van der Waals surface area contributed by atoms with Gasteiger partial charge in [0.1, 0.15) is 5.75 Å². The molecule has 0 spiro atoms. The molecule has 1 aliphatic heterocycles. The van der Waals surface area contributed by atoms with E-state index in [1.165, 1.54) is 0 Å². The number of benzene rings is 1. The molecule has 1 amide bonds. The van der Waals surface area contributed by atoms with Gasteiger partial charge in [-0.1, -0.05) is 12.1 Å². The van der Waals surface area contributed by atoms with Gasteiger partial charge in [-0.3, -0.25) is 9.69 Å². The Balaban J connectivity index is 1.79. The van der Waals surface area contributed by atoms with Gasteiger partial charge in [0, 0.05) is 25.2 Å². The van der Waals surface area contributed by atoms with Crippen molar-refractivity contribution in [1.82, 2.24) is 10.2 Å². The van der Waals surface area contributed by atoms with Crippen molar-refractivity contribution in [2.24, 2.45) is 0 Å². The Morgan fingerprint density at radius 3 is 3.09 bits per heavy atom. The molecular weight excluding hydrogens is 280 g/mol. The summed E-state index contributed by atoms with van der Waals surface area (Å²) in [5, 5.41) is 3.02. The van der Waals surface area contributed by atoms with Crippen LogP contribution in [0.3, 0.4) is 0 Å². The second kappa shape index (κ2) is 8.15. The van der Waals surface area contributed by atoms with Crippen LogP contribution >= 0.6 is 0 Å². The first-order valence-electron chi connectivity index (χ1n) is 7.83. The number of rotatable bonds is 6. The topological polar surface area (TPSA) is 50.8 Å². The van der Waals surface area contributed by atoms with Crippen LogP contribution in [-0.4, -0.2) is 56.3 Å². The molecule has 1 heterocycles. The van der Waals surface area contributed by atoms with Crippen molar-refractivity contribution >= 4 is 5.91 Å². The molecule has 1 aromatic carbocycles. The Kier molecular flexibility index (Phi) is 6.21. The van der Waals surface area contributed by atoms with Crippen LogP contribution in [-0.2, 0) is 16.0 Å². The van der Waals surface area contributed by atoms with Gasteiger partial charge >= 0.3 is 0 Å². The molecule has 2 rings (SSSR count). The summed E-state index contributed by atoms with van der Waals surface area (Å²) in [6, 6.07) is 8.33. The van der Waals surface area contributed by atoms with Gasteiger partial charge < -0.3 is 14.8 Å². The summed E-state index contributed by atoms with van der Waals surface area (Å²) in [6.45, 7) is 7.43. The number of ether oxygens (including phenoxy) is 2. The van der Waals surface area contributed by atoms with Crippen LogP contribution in [0.1, 0.15) is 19.4 Å². The van der Waals surface area contributed by atoms with Gasteiger partial charge in [0.2, 0.25) is 5.91 Å². The number of nitrogens with zero attached hydrogens (tertiary/aromatic N) is 1. The summed E-state index contributed by atoms with van der Waals surface area (Å²) in [5.74, 6) is 0.821. The maximum atomic E-state index is 12.1. The average Bonchev–Trinajstić information content (AvgIpc) is 2.53. The fourth-order valence-corrected chi connectivity index (χ4v) is 2.80. The van der Waals surface area contributed by atoms with Gasteiger partial charge in [-0.05, 0) is 31.5 Å². The zero-order valence-corrected chi connectivity index (χ0v) is 13.7. The summed E-state index contributed by atoms with van der Waals surface area (Å²) < 4.78 is 10.6. The molecule has 0 aromatic heterocycles. The monoisotopic (exact) mass is 306 g/mol. The number of nitrogens with one attached hydrogen (secondary N) is 1. The van der Waals surface area contributed by atoms with Crippen LogP contribution in [0.5, 0.6) is 5.75 Å². The van der Waals surface area contributed by atoms with Crippen LogP contribution in [0.25, 0.3) is 0 Å². The van der Waals surface area contributed by atoms with Gasteiger partial charge in [0.15, 0.2) is 0 Å². The Morgan fingerprint density at radius 1 is 1.55 bits per heavy atom. The smallest absolute Gasteiger partial charge is 0.224 e. The van der Waals surface area contributed by atoms with Gasteiger partial charge in [-0.25, -0.2) is 0 Å². The van der Waals surface area contributed by atoms with E-state index in [0.29, 0.717) is 25.0 Å². The third-order valence-corrected chi connectivity index (χ3v) is 4.08. The van der Waals surface area contributed by atoms with Crippen molar-refractivity contribution in [2.75, 3.05) is 33.4 Å². The number of methoxy groups -OCH3 is 1. The van der Waals surface area contributed by atoms with Gasteiger partial charge in [0.25, 0.3) is 0 Å². The lowest BCUT2D eigenvalue weighted by atomic mass is 10.1. The van der Waals surface area contributed by atoms with Gasteiger partial charge in [-0.2, -0.15) is 0 Å². The Morgan fingerprint density at radius 2 is 2.36 bits per heavy atom. The molecule has 0 radical (unpaired) electrons. The van der Waals surface area contributed by atoms with E-state index in [2.05, 4.69) is 24.1 Å². The normalized spacial score (nSPS) is 20.4. The fourth-order valence-electron chi connectivity index (χ4n) is 2.80. The van der Waals surface area contributed by atoms with Crippen molar-refractivity contribution in [2.45, 2.75) is 32.4 Å². The Hall–Kier alpha value is -1.59. The van der Waals surface area contributed by atoms with Crippen LogP contribution < -0.4 is 10.1 Å². The molecule has 0 unspecified atom stereocenters. The average molecular weight is 306 g/mol. The third-order valence-electron chi connectivity index (χ3n) is 4.08. The van der Waals surface area contributed by atoms with Crippen molar-refractivity contribution in [3.8, 4) is 5.75 Å². The summed E-state index contributed by atoms with van der Waals surface area (Å²) in [6.07, 6.45) is 0.378. The predicted octanol–water partition coefficient (Wildman–Crippen LogP) is 1.46. The van der Waals surface area contributed by atoms with Crippen molar-refractivity contribution in [1.29, 1.82) is 0 Å². The van der Waals surface area contributed by atoms with Crippen LogP contribution in [0, 0.1) is 0 Å². The number of hydrogen-bond donors (Lipinski definition) is 1. The minimum absolute atomic E-state index is 0.0426. The zero-order valence-electron chi connectivity index (χ0n) is 13.7. The summed E-state index contributed by atoms with van der Waals surface area (Å²) in [7, 11) is 1.63. The molecule has 1 saturated heterocycles. The molecule has 22 heavy (non-hydrogen) atoms. The minimum atomic E-state index is 0.0426. The highest BCUT2D eigenvalue weighted by molar-refractivity contribution is 5.78. The number of hydrogen-bond acceptors (Lipinski definition) is 4. The van der Waals surface area contributed by atoms with E-state index >= 15 is 0 Å². The number of morpholine rings is 1. The number of carbonyl (C=O) groups is 1. The van der Waals surface area contributed by atoms with Gasteiger partial charge in [0.05, 0.1) is 26.7 Å². The highest BCUT2D eigenvalue weighted by atomic mass is 16.5. The number of amides is 1. The molecule has 1 fully saturated rings. The van der Waals surface area contributed by atoms with E-state index in [1.807, 2.05) is 24.3 Å². The second-order valence-corrected chi connectivity index (χ2v) is 5.84. The summed E-state index contributed by atoms with van der Waals surface area (Å²) in [4.78, 5) is 14.5. The maximum Gasteiger partial charge on any atom is 0.224 e. The molecular formula is C17H26N2O3. The quantitative estimate of drug-likeness (QED) is 0.864. The summed E-state index contributed by atoms with van der Waals surface area (Å²) >= 11 is 0. The first-order chi connectivity index (χ1) is 10.6. The highest BCUT2D eigenvalue weighted by Crippen LogP contribution is 2.13. The van der Waals surface area contributed by atoms with Crippen molar-refractivity contribution in [3.63, 3.8) is 0 Å². The largest absolute Gasteiger partial charge is 0.497 e. The SMILES string of the molecule is COc1cccc(CC(=O)NC[C@H](C)N2CCOC[C@@H]2C)c1. The molecule has 1 N–H and O–H groups in total. The molecule has 0 aliphatic carbocycles. The Labute approximate surface area is 132 Å². The molecule has 1 aromatic rings. The van der Waals surface area contributed by atoms with Crippen LogP contribution in [0.15, 0.2) is 24.3 Å². The van der Waals surface area contributed by atoms with E-state index in [1.54, 1.807) is 7.11 Å². The highest BCUT2D eigenvalue weighted by Gasteiger charge is 2.23. The van der Waals surface area contributed by atoms with E-state index in [9.17, 15) is 4.79 Å². The predicted molar refractivity (Wildman–Crippen MR) is 86.2 cm³/mol. The van der Waals surface area contributed by atoms with E-state index in [-0.39, 0.29) is 5.91 Å². The number of carbonyl (C=O) groups excluding carboxylic acids is 1. The molecule has 2 atom stereocenters. The molecule has 0 saturated carbocycles. The van der Waals surface area contributed by atoms with E-state index in [0.717, 1.165) is 31.1 Å². The van der Waals surface area contributed by atoms with Crippen molar-refractivity contribution in [3.05, 3.63) is 29.8 Å². The minimum Gasteiger partial charge on any atom is -0.497 e. The first-order valence-corrected chi connectivity index (χ1v) is 7.83. The third kappa shape index (κ3) is 4.71. The second-order valence-electron chi connectivity index (χ2n) is 5.84. The molecule has 0 bridgehead atoms. The van der Waals surface area contributed by atoms with Crippen molar-refractivity contribution < 1.29 is 14.3 Å². The standard InChI is InChI=1S/C17H26N2O3/c1-13(19-7-8-22-12-14(19)2)11-18-17(20)10-15-5-4-6-16(9-15)21-3/h4-6,9,13-14H,7-8,10-12H2,1-3H3,(H,18,20)/t13-,14-/m0/s1. The summed E-state index contributed by atoms with van der Waals surface area (Å²) in [5.41, 5.74) is 0.962. The Bertz CT molecular complexity index is 493. The zero-order chi connectivity index (χ0) is 15.9.